The molecule has 2 heterocycles. The molecule has 0 unspecified atom stereocenters. The fourth-order valence-electron chi connectivity index (χ4n) is 7.31. The summed E-state index contributed by atoms with van der Waals surface area (Å²) in [6.07, 6.45) is -0.650. The minimum atomic E-state index is -4.52. The number of carboxylic acid groups (broad SMARTS) is 1. The van der Waals surface area contributed by atoms with Crippen molar-refractivity contribution in [1.29, 1.82) is 0 Å². The number of amides is 4. The van der Waals surface area contributed by atoms with Gasteiger partial charge in [0.25, 0.3) is 16.1 Å². The number of aromatic nitrogens is 2. The third kappa shape index (κ3) is 15.7. The predicted octanol–water partition coefficient (Wildman–Crippen LogP) is -0.242. The van der Waals surface area contributed by atoms with Crippen molar-refractivity contribution >= 4 is 39.8 Å². The molecule has 4 amide bonds. The summed E-state index contributed by atoms with van der Waals surface area (Å²) in [6.45, 7) is 7.49. The summed E-state index contributed by atoms with van der Waals surface area (Å²) in [7, 11) is -3.39. The second kappa shape index (κ2) is 24.6. The van der Waals surface area contributed by atoms with Crippen LogP contribution >= 0.6 is 0 Å². The van der Waals surface area contributed by atoms with Crippen LogP contribution in [0.15, 0.2) is 60.8 Å². The Kier molecular flexibility index (Phi) is 19.2. The maximum Gasteiger partial charge on any atom is 0.326 e. The van der Waals surface area contributed by atoms with E-state index in [0.717, 1.165) is 18.4 Å². The predicted molar refractivity (Wildman–Crippen MR) is 265 cm³/mol. The zero-order chi connectivity index (χ0) is 53.9. The van der Waals surface area contributed by atoms with Crippen LogP contribution in [0.5, 0.6) is 23.0 Å². The van der Waals surface area contributed by atoms with Gasteiger partial charge in [-0.1, -0.05) is 26.8 Å². The highest BCUT2D eigenvalue weighted by Gasteiger charge is 2.37. The SMILES string of the molecule is Cc1nc(-c2ccc(OCCC(C)(C)C)cc2)ncc1C(=O)N[C@@H](CNS(N)(=O)=O)C(=O)N(C)[C@@H]1C(=O)N[C@@H](C)C(=O)N[C@H](C(=O)O)Cc2ccc(OC[C@H](O)CN)c(c2)-c2cc1cc(OC[C@H](O)CN)c2O. The number of nitrogens with zero attached hydrogens (tertiary/aromatic N) is 3. The molecule has 3 aromatic carbocycles. The molecule has 0 saturated heterocycles. The number of aliphatic hydroxyl groups excluding tert-OH is 2. The Bertz CT molecular complexity index is 2760. The van der Waals surface area contributed by atoms with E-state index < -0.39 is 95.1 Å². The zero-order valence-electron chi connectivity index (χ0n) is 41.2. The first-order valence-electron chi connectivity index (χ1n) is 23.1. The van der Waals surface area contributed by atoms with Gasteiger partial charge < -0.3 is 67.0 Å². The van der Waals surface area contributed by atoms with Crippen molar-refractivity contribution in [2.45, 2.75) is 83.8 Å². The lowest BCUT2D eigenvalue weighted by molar-refractivity contribution is -0.143. The third-order valence-electron chi connectivity index (χ3n) is 11.5. The number of aromatic hydroxyl groups is 1. The maximum atomic E-state index is 14.8. The molecule has 0 fully saturated rings. The third-order valence-corrected chi connectivity index (χ3v) is 12.1. The lowest BCUT2D eigenvalue weighted by Gasteiger charge is -2.33. The number of aliphatic carboxylic acids is 1. The zero-order valence-corrected chi connectivity index (χ0v) is 42.1. The molecule has 0 saturated carbocycles. The molecule has 4 aromatic rings. The van der Waals surface area contributed by atoms with Gasteiger partial charge in [0.15, 0.2) is 17.3 Å². The largest absolute Gasteiger partial charge is 0.504 e. The molecule has 1 aromatic heterocycles. The molecular weight excluding hydrogens is 973 g/mol. The number of benzene rings is 3. The van der Waals surface area contributed by atoms with Crippen molar-refractivity contribution in [2.75, 3.05) is 46.5 Å². The van der Waals surface area contributed by atoms with Crippen molar-refractivity contribution in [3.63, 3.8) is 0 Å². The van der Waals surface area contributed by atoms with E-state index >= 15 is 0 Å². The number of carbonyl (C=O) groups excluding carboxylic acids is 4. The average Bonchev–Trinajstić information content (AvgIpc) is 3.33. The van der Waals surface area contributed by atoms with Gasteiger partial charge >= 0.3 is 5.97 Å². The number of hydrogen-bond acceptors (Lipinski definition) is 17. The summed E-state index contributed by atoms with van der Waals surface area (Å²) in [5.41, 5.74) is 12.1. The second-order valence-corrected chi connectivity index (χ2v) is 20.0. The van der Waals surface area contributed by atoms with Crippen LogP contribution in [0.1, 0.15) is 67.3 Å². The highest BCUT2D eigenvalue weighted by Crippen LogP contribution is 2.45. The Labute approximate surface area is 422 Å². The van der Waals surface area contributed by atoms with Gasteiger partial charge in [-0.15, -0.1) is 0 Å². The molecule has 73 heavy (non-hydrogen) atoms. The van der Waals surface area contributed by atoms with E-state index in [4.69, 9.17) is 30.8 Å². The highest BCUT2D eigenvalue weighted by molar-refractivity contribution is 7.87. The van der Waals surface area contributed by atoms with Crippen molar-refractivity contribution < 1.29 is 67.0 Å². The molecule has 1 aliphatic rings. The number of ether oxygens (including phenoxy) is 3. The summed E-state index contributed by atoms with van der Waals surface area (Å²) in [4.78, 5) is 79.3. The number of nitrogens with two attached hydrogens (primary N) is 3. The Morgan fingerprint density at radius 1 is 0.918 bits per heavy atom. The van der Waals surface area contributed by atoms with E-state index in [1.807, 2.05) is 4.72 Å². The van der Waals surface area contributed by atoms with Crippen LogP contribution in [-0.2, 0) is 35.8 Å². The number of hydrogen-bond donors (Lipinski definition) is 11. The van der Waals surface area contributed by atoms with Gasteiger partial charge in [0.2, 0.25) is 17.7 Å². The summed E-state index contributed by atoms with van der Waals surface area (Å²) in [6, 6.07) is 7.14. The van der Waals surface area contributed by atoms with Crippen LogP contribution < -0.4 is 51.5 Å². The van der Waals surface area contributed by atoms with Crippen LogP contribution in [0.3, 0.4) is 0 Å². The second-order valence-electron chi connectivity index (χ2n) is 18.6. The summed E-state index contributed by atoms with van der Waals surface area (Å²) >= 11 is 0. The normalized spacial score (nSPS) is 17.4. The minimum Gasteiger partial charge on any atom is -0.504 e. The van der Waals surface area contributed by atoms with Gasteiger partial charge in [-0.25, -0.2) is 19.9 Å². The highest BCUT2D eigenvalue weighted by atomic mass is 32.2. The first kappa shape index (κ1) is 56.9. The van der Waals surface area contributed by atoms with Gasteiger partial charge in [-0.05, 0) is 85.3 Å². The number of phenolic OH excluding ortho intramolecular Hbond substituents is 1. The molecule has 0 aliphatic carbocycles. The van der Waals surface area contributed by atoms with E-state index in [1.54, 1.807) is 24.3 Å². The Morgan fingerprint density at radius 2 is 1.56 bits per heavy atom. The van der Waals surface area contributed by atoms with E-state index in [2.05, 4.69) is 46.7 Å². The Morgan fingerprint density at radius 3 is 2.15 bits per heavy atom. The molecule has 6 atom stereocenters. The fourth-order valence-corrected chi connectivity index (χ4v) is 7.70. The smallest absolute Gasteiger partial charge is 0.326 e. The summed E-state index contributed by atoms with van der Waals surface area (Å²) in [5.74, 6) is -5.52. The lowest BCUT2D eigenvalue weighted by Crippen LogP contribution is -2.57. The van der Waals surface area contributed by atoms with Crippen LogP contribution in [0, 0.1) is 12.3 Å². The number of rotatable bonds is 20. The maximum absolute atomic E-state index is 14.8. The number of aliphatic hydroxyl groups is 2. The number of phenols is 1. The molecule has 14 N–H and O–H groups in total. The quantitative estimate of drug-likeness (QED) is 0.0544. The molecule has 4 bridgehead atoms. The van der Waals surface area contributed by atoms with Gasteiger partial charge in [0, 0.05) is 56.0 Å². The molecular formula is C48H64N10O14S. The first-order chi connectivity index (χ1) is 34.3. The number of carbonyl (C=O) groups is 5. The molecule has 5 rings (SSSR count). The van der Waals surface area contributed by atoms with Crippen molar-refractivity contribution in [3.05, 3.63) is 83.2 Å². The molecule has 25 heteroatoms. The molecule has 1 aliphatic heterocycles. The fraction of sp³-hybridized carbons (Fsp3) is 0.438. The van der Waals surface area contributed by atoms with Gasteiger partial charge in [-0.3, -0.25) is 19.2 Å². The average molecular weight is 1040 g/mol. The Hall–Kier alpha value is -7.00. The molecule has 24 nitrogen and oxygen atoms in total. The van der Waals surface area contributed by atoms with Crippen LogP contribution in [0.4, 0.5) is 0 Å². The van der Waals surface area contributed by atoms with E-state index in [-0.39, 0.29) is 76.8 Å². The number of likely N-dealkylation sites (N-methyl/N-ethyl adjacent to an activating group) is 1. The van der Waals surface area contributed by atoms with Crippen molar-refractivity contribution in [1.82, 2.24) is 35.5 Å². The van der Waals surface area contributed by atoms with Crippen LogP contribution in [-0.4, -0.2) is 150 Å². The summed E-state index contributed by atoms with van der Waals surface area (Å²) in [5, 5.41) is 55.4. The molecule has 396 valence electrons. The molecule has 0 radical (unpaired) electrons. The van der Waals surface area contributed by atoms with Gasteiger partial charge in [0.05, 0.1) is 17.9 Å². The standard InChI is InChI=1S/C48H64N10O14S/c1-25-35(21-52-42(54-25)28-8-10-32(11-9-28)70-14-13-48(3,4)5)44(63)57-37(22-53-73(51,68)69)46(65)58(6)40-29-17-34(41(61)39(18-29)72-24-31(60)20-50)33-15-27(7-12-38(33)71-23-30(59)19-49)16-36(47(66)67)56-43(62)26(2)55-45(40)64/h7-12,15,17-18,21,26,30-31,36-37,40,53,59-61H,13-14,16,19-20,22-24,49-50H2,1-6H3,(H,55,64)(H,56,62)(H,57,63)(H,66,67)(H2,51,68,69)/t26-,30+,31+,36-,37-,40-/m0/s1. The minimum absolute atomic E-state index is 0.0115. The number of aryl methyl sites for hydroxylation is 1. The van der Waals surface area contributed by atoms with E-state index in [9.17, 15) is 52.8 Å². The van der Waals surface area contributed by atoms with Gasteiger partial charge in [0.1, 0.15) is 61.1 Å². The number of nitrogens with one attached hydrogen (secondary N) is 4. The summed E-state index contributed by atoms with van der Waals surface area (Å²) < 4.78 is 44.1. The van der Waals surface area contributed by atoms with E-state index in [1.165, 1.54) is 50.4 Å². The lowest BCUT2D eigenvalue weighted by atomic mass is 9.93. The number of carboxylic acids is 1. The van der Waals surface area contributed by atoms with Crippen LogP contribution in [0.25, 0.3) is 22.5 Å². The molecule has 0 spiro atoms. The topological polar surface area (TPSA) is 383 Å². The van der Waals surface area contributed by atoms with Crippen molar-refractivity contribution in [3.8, 4) is 45.5 Å². The van der Waals surface area contributed by atoms with E-state index in [0.29, 0.717) is 23.5 Å². The number of fused-ring (bicyclic) bond motifs is 5. The van der Waals surface area contributed by atoms with Crippen LogP contribution in [0.2, 0.25) is 0 Å². The monoisotopic (exact) mass is 1040 g/mol. The Balaban J connectivity index is 1.60. The first-order valence-corrected chi connectivity index (χ1v) is 24.6. The van der Waals surface area contributed by atoms with Crippen molar-refractivity contribution in [2.24, 2.45) is 22.0 Å². The van der Waals surface area contributed by atoms with Gasteiger partial charge in [-0.2, -0.15) is 13.1 Å².